The fourth-order valence-corrected chi connectivity index (χ4v) is 2.96. The van der Waals surface area contributed by atoms with Crippen LogP contribution < -0.4 is 24.8 Å². The van der Waals surface area contributed by atoms with Gasteiger partial charge in [-0.2, -0.15) is 0 Å². The highest BCUT2D eigenvalue weighted by molar-refractivity contribution is 5.93. The third kappa shape index (κ3) is 6.56. The van der Waals surface area contributed by atoms with Crippen molar-refractivity contribution >= 4 is 11.6 Å². The Bertz CT molecular complexity index is 839. The Hall–Kier alpha value is -2.93. The number of rotatable bonds is 8. The molecule has 0 aromatic heterocycles. The van der Waals surface area contributed by atoms with Crippen molar-refractivity contribution in [2.75, 3.05) is 52.3 Å². The maximum Gasteiger partial charge on any atom is 0.196 e. The Labute approximate surface area is 179 Å². The lowest BCUT2D eigenvalue weighted by Crippen LogP contribution is -2.30. The summed E-state index contributed by atoms with van der Waals surface area (Å²) in [5.41, 5.74) is 1.95. The number of likely N-dealkylation sites (N-methyl/N-ethyl adjacent to an activating group) is 1. The first kappa shape index (κ1) is 21.8. The number of ether oxygens (including phenoxy) is 3. The van der Waals surface area contributed by atoms with E-state index in [0.29, 0.717) is 32.3 Å². The van der Waals surface area contributed by atoms with Crippen LogP contribution in [-0.2, 0) is 6.54 Å². The largest absolute Gasteiger partial charge is 0.492 e. The quantitative estimate of drug-likeness (QED) is 0.512. The number of hydrogen-bond acceptors (Lipinski definition) is 5. The van der Waals surface area contributed by atoms with E-state index in [-0.39, 0.29) is 0 Å². The molecule has 0 fully saturated rings. The van der Waals surface area contributed by atoms with Crippen molar-refractivity contribution in [3.8, 4) is 17.2 Å². The molecule has 0 saturated heterocycles. The van der Waals surface area contributed by atoms with Crippen LogP contribution in [-0.4, -0.2) is 57.9 Å². The smallest absolute Gasteiger partial charge is 0.196 e. The van der Waals surface area contributed by atoms with Crippen LogP contribution in [0.3, 0.4) is 0 Å². The van der Waals surface area contributed by atoms with Crippen molar-refractivity contribution in [1.29, 1.82) is 0 Å². The molecular weight excluding hydrogens is 380 g/mol. The topological polar surface area (TPSA) is 67.4 Å². The van der Waals surface area contributed by atoms with E-state index >= 15 is 0 Å². The molecule has 3 rings (SSSR count). The van der Waals surface area contributed by atoms with Gasteiger partial charge in [0.25, 0.3) is 0 Å². The first-order valence-electron chi connectivity index (χ1n) is 10.5. The molecule has 1 aliphatic rings. The van der Waals surface area contributed by atoms with Crippen LogP contribution in [0.15, 0.2) is 47.5 Å². The lowest BCUT2D eigenvalue weighted by atomic mass is 10.2. The zero-order valence-electron chi connectivity index (χ0n) is 18.1. The molecule has 0 radical (unpaired) electrons. The van der Waals surface area contributed by atoms with E-state index in [9.17, 15) is 0 Å². The third-order valence-corrected chi connectivity index (χ3v) is 4.53. The summed E-state index contributed by atoms with van der Waals surface area (Å²) in [6.07, 6.45) is 0.886. The van der Waals surface area contributed by atoms with Crippen LogP contribution in [0.5, 0.6) is 17.2 Å². The molecule has 0 bridgehead atoms. The van der Waals surface area contributed by atoms with Gasteiger partial charge in [-0.05, 0) is 39.2 Å². The van der Waals surface area contributed by atoms with Gasteiger partial charge in [0.15, 0.2) is 17.5 Å². The number of nitrogens with zero attached hydrogens (tertiary/aromatic N) is 2. The molecule has 1 aliphatic heterocycles. The number of hydrogen-bond donors (Lipinski definition) is 2. The van der Waals surface area contributed by atoms with Gasteiger partial charge in [-0.25, -0.2) is 4.99 Å². The van der Waals surface area contributed by atoms with Crippen molar-refractivity contribution in [3.63, 3.8) is 0 Å². The summed E-state index contributed by atoms with van der Waals surface area (Å²) in [5.74, 6) is 3.11. The maximum absolute atomic E-state index is 5.95. The van der Waals surface area contributed by atoms with E-state index in [1.54, 1.807) is 0 Å². The zero-order valence-corrected chi connectivity index (χ0v) is 18.1. The van der Waals surface area contributed by atoms with E-state index in [2.05, 4.69) is 15.5 Å². The molecule has 0 atom stereocenters. The number of benzene rings is 2. The predicted octanol–water partition coefficient (Wildman–Crippen LogP) is 3.37. The van der Waals surface area contributed by atoms with E-state index in [0.717, 1.165) is 48.0 Å². The normalized spacial score (nSPS) is 13.7. The minimum Gasteiger partial charge on any atom is -0.492 e. The molecule has 1 heterocycles. The highest BCUT2D eigenvalue weighted by Crippen LogP contribution is 2.32. The van der Waals surface area contributed by atoms with Crippen molar-refractivity contribution < 1.29 is 14.2 Å². The average Bonchev–Trinajstić information content (AvgIpc) is 2.98. The number of aliphatic imine (C=N–C) groups is 1. The fraction of sp³-hybridized carbons (Fsp3) is 0.435. The van der Waals surface area contributed by atoms with Crippen LogP contribution >= 0.6 is 0 Å². The van der Waals surface area contributed by atoms with Crippen LogP contribution in [0.4, 0.5) is 5.69 Å². The number of para-hydroxylation sites is 1. The Kier molecular flexibility index (Phi) is 8.20. The van der Waals surface area contributed by atoms with Gasteiger partial charge in [0, 0.05) is 36.8 Å². The molecule has 2 aromatic carbocycles. The average molecular weight is 413 g/mol. The van der Waals surface area contributed by atoms with Crippen molar-refractivity contribution in [3.05, 3.63) is 48.0 Å². The van der Waals surface area contributed by atoms with Gasteiger partial charge >= 0.3 is 0 Å². The van der Waals surface area contributed by atoms with E-state index in [1.165, 1.54) is 0 Å². The predicted molar refractivity (Wildman–Crippen MR) is 121 cm³/mol. The summed E-state index contributed by atoms with van der Waals surface area (Å²) < 4.78 is 17.4. The Morgan fingerprint density at radius 3 is 2.70 bits per heavy atom. The maximum atomic E-state index is 5.95. The monoisotopic (exact) mass is 412 g/mol. The van der Waals surface area contributed by atoms with Crippen molar-refractivity contribution in [2.24, 2.45) is 4.99 Å². The summed E-state index contributed by atoms with van der Waals surface area (Å²) in [6, 6.07) is 13.9. The summed E-state index contributed by atoms with van der Waals surface area (Å²) in [4.78, 5) is 6.85. The minimum absolute atomic E-state index is 0.512. The molecule has 0 amide bonds. The van der Waals surface area contributed by atoms with E-state index < -0.39 is 0 Å². The molecule has 30 heavy (non-hydrogen) atoms. The first-order valence-corrected chi connectivity index (χ1v) is 10.5. The summed E-state index contributed by atoms with van der Waals surface area (Å²) >= 11 is 0. The summed E-state index contributed by atoms with van der Waals surface area (Å²) in [7, 11) is 4.07. The highest BCUT2D eigenvalue weighted by Gasteiger charge is 2.11. The van der Waals surface area contributed by atoms with Gasteiger partial charge in [-0.1, -0.05) is 18.2 Å². The second-order valence-corrected chi connectivity index (χ2v) is 7.29. The lowest BCUT2D eigenvalue weighted by molar-refractivity contribution is 0.259. The molecule has 0 unspecified atom stereocenters. The molecule has 2 aromatic rings. The van der Waals surface area contributed by atoms with Gasteiger partial charge in [0.1, 0.15) is 12.4 Å². The molecule has 0 spiro atoms. The Morgan fingerprint density at radius 2 is 1.90 bits per heavy atom. The minimum atomic E-state index is 0.512. The first-order chi connectivity index (χ1) is 14.7. The second kappa shape index (κ2) is 11.3. The van der Waals surface area contributed by atoms with Gasteiger partial charge in [0.2, 0.25) is 0 Å². The number of fused-ring (bicyclic) bond motifs is 1. The summed E-state index contributed by atoms with van der Waals surface area (Å²) in [6.45, 7) is 6.17. The number of nitrogens with one attached hydrogen (secondary N) is 2. The van der Waals surface area contributed by atoms with E-state index in [4.69, 9.17) is 19.2 Å². The van der Waals surface area contributed by atoms with Gasteiger partial charge in [0.05, 0.1) is 19.8 Å². The molecule has 0 aliphatic carbocycles. The molecule has 7 heteroatoms. The third-order valence-electron chi connectivity index (χ3n) is 4.53. The van der Waals surface area contributed by atoms with Crippen LogP contribution in [0.1, 0.15) is 18.9 Å². The molecule has 7 nitrogen and oxygen atoms in total. The van der Waals surface area contributed by atoms with Gasteiger partial charge in [-0.15, -0.1) is 0 Å². The van der Waals surface area contributed by atoms with E-state index in [1.807, 2.05) is 63.5 Å². The van der Waals surface area contributed by atoms with Gasteiger partial charge < -0.3 is 29.7 Å². The van der Waals surface area contributed by atoms with Crippen molar-refractivity contribution in [2.45, 2.75) is 19.9 Å². The zero-order chi connectivity index (χ0) is 21.2. The molecular formula is C23H32N4O3. The summed E-state index contributed by atoms with van der Waals surface area (Å²) in [5, 5.41) is 6.64. The van der Waals surface area contributed by atoms with Crippen LogP contribution in [0.25, 0.3) is 0 Å². The van der Waals surface area contributed by atoms with Crippen LogP contribution in [0, 0.1) is 0 Å². The Balaban J connectivity index is 1.69. The van der Waals surface area contributed by atoms with Crippen LogP contribution in [0.2, 0.25) is 0 Å². The lowest BCUT2D eigenvalue weighted by Gasteiger charge is -2.15. The number of guanidine groups is 1. The molecule has 162 valence electrons. The van der Waals surface area contributed by atoms with Crippen molar-refractivity contribution in [1.82, 2.24) is 10.2 Å². The highest BCUT2D eigenvalue weighted by atomic mass is 16.5. The Morgan fingerprint density at radius 1 is 1.10 bits per heavy atom. The molecule has 2 N–H and O–H groups in total. The van der Waals surface area contributed by atoms with Gasteiger partial charge in [-0.3, -0.25) is 0 Å². The SMILES string of the molecule is CCNC(=NCc1ccccc1OCCN(C)C)Nc1ccc2c(c1)OCCCO2. The standard InChI is InChI=1S/C23H32N4O3/c1-4-24-23(26-19-10-11-21-22(16-19)29-14-7-13-28-21)25-17-18-8-5-6-9-20(18)30-15-12-27(2)3/h5-6,8-11,16H,4,7,12-15,17H2,1-3H3,(H2,24,25,26). The number of anilines is 1. The second-order valence-electron chi connectivity index (χ2n) is 7.29. The fourth-order valence-electron chi connectivity index (χ4n) is 2.96. The molecule has 0 saturated carbocycles.